The van der Waals surface area contributed by atoms with Crippen molar-refractivity contribution in [2.45, 2.75) is 6.92 Å². The summed E-state index contributed by atoms with van der Waals surface area (Å²) in [7, 11) is 0. The number of amides is 1. The van der Waals surface area contributed by atoms with Crippen LogP contribution in [0.25, 0.3) is 0 Å². The molecule has 0 aliphatic heterocycles. The van der Waals surface area contributed by atoms with Crippen LogP contribution in [0.15, 0.2) is 34.9 Å². The number of anilines is 2. The van der Waals surface area contributed by atoms with Gasteiger partial charge in [-0.05, 0) is 31.2 Å². The van der Waals surface area contributed by atoms with Crippen molar-refractivity contribution in [3.8, 4) is 0 Å². The van der Waals surface area contributed by atoms with Crippen molar-refractivity contribution in [1.29, 1.82) is 0 Å². The summed E-state index contributed by atoms with van der Waals surface area (Å²) in [6.45, 7) is 1.75. The number of pyridine rings is 1. The molecule has 0 saturated carbocycles. The molecule has 0 spiro atoms. The summed E-state index contributed by atoms with van der Waals surface area (Å²) in [5.74, 6) is -0.294. The molecule has 0 aliphatic rings. The second-order valence-corrected chi connectivity index (χ2v) is 5.30. The highest BCUT2D eigenvalue weighted by Gasteiger charge is 2.12. The molecule has 0 radical (unpaired) electrons. The maximum Gasteiger partial charge on any atom is 0.257 e. The van der Waals surface area contributed by atoms with E-state index in [1.54, 1.807) is 31.2 Å². The predicted octanol–water partition coefficient (Wildman–Crippen LogP) is 3.64. The van der Waals surface area contributed by atoms with Crippen LogP contribution in [-0.4, -0.2) is 10.9 Å². The van der Waals surface area contributed by atoms with Gasteiger partial charge in [-0.2, -0.15) is 0 Å². The van der Waals surface area contributed by atoms with Gasteiger partial charge in [-0.15, -0.1) is 0 Å². The summed E-state index contributed by atoms with van der Waals surface area (Å²) in [6.07, 6.45) is 1.51. The first kappa shape index (κ1) is 13.8. The van der Waals surface area contributed by atoms with Crippen LogP contribution in [-0.2, 0) is 0 Å². The molecule has 0 bridgehead atoms. The molecule has 98 valence electrons. The van der Waals surface area contributed by atoms with Crippen molar-refractivity contribution in [2.24, 2.45) is 0 Å². The molecule has 1 amide bonds. The number of aryl methyl sites for hydroxylation is 1. The van der Waals surface area contributed by atoms with Crippen LogP contribution in [0.5, 0.6) is 0 Å². The summed E-state index contributed by atoms with van der Waals surface area (Å²) < 4.78 is 0.828. The lowest BCUT2D eigenvalue weighted by molar-refractivity contribution is 0.102. The number of rotatable bonds is 2. The first-order chi connectivity index (χ1) is 8.97. The Morgan fingerprint density at radius 3 is 2.89 bits per heavy atom. The smallest absolute Gasteiger partial charge is 0.257 e. The van der Waals surface area contributed by atoms with E-state index in [2.05, 4.69) is 26.2 Å². The molecule has 1 aromatic carbocycles. The SMILES string of the molecule is Cc1ncc(N)cc1C(=O)Nc1cc(Br)ccc1Cl. The first-order valence-electron chi connectivity index (χ1n) is 5.46. The summed E-state index contributed by atoms with van der Waals surface area (Å²) in [5.41, 5.74) is 7.64. The fourth-order valence-corrected chi connectivity index (χ4v) is 2.09. The lowest BCUT2D eigenvalue weighted by atomic mass is 10.1. The van der Waals surface area contributed by atoms with Crippen LogP contribution >= 0.6 is 27.5 Å². The van der Waals surface area contributed by atoms with Crippen LogP contribution < -0.4 is 11.1 Å². The standard InChI is InChI=1S/C13H11BrClN3O/c1-7-10(5-9(16)6-17-7)13(19)18-12-4-8(14)2-3-11(12)15/h2-6H,16H2,1H3,(H,18,19). The van der Waals surface area contributed by atoms with E-state index < -0.39 is 0 Å². The molecule has 0 aliphatic carbocycles. The van der Waals surface area contributed by atoms with Crippen molar-refractivity contribution in [3.63, 3.8) is 0 Å². The third-order valence-corrected chi connectivity index (χ3v) is 3.35. The maximum atomic E-state index is 12.2. The number of nitrogen functional groups attached to an aromatic ring is 1. The molecule has 2 rings (SSSR count). The van der Waals surface area contributed by atoms with Gasteiger partial charge in [-0.3, -0.25) is 9.78 Å². The summed E-state index contributed by atoms with van der Waals surface area (Å²) in [5, 5.41) is 3.20. The Labute approximate surface area is 124 Å². The lowest BCUT2D eigenvalue weighted by Crippen LogP contribution is -2.14. The van der Waals surface area contributed by atoms with Gasteiger partial charge >= 0.3 is 0 Å². The number of carbonyl (C=O) groups is 1. The van der Waals surface area contributed by atoms with E-state index in [4.69, 9.17) is 17.3 Å². The normalized spacial score (nSPS) is 10.3. The molecular formula is C13H11BrClN3O. The molecule has 2 aromatic rings. The largest absolute Gasteiger partial charge is 0.397 e. The van der Waals surface area contributed by atoms with E-state index in [9.17, 15) is 4.79 Å². The highest BCUT2D eigenvalue weighted by Crippen LogP contribution is 2.26. The molecule has 19 heavy (non-hydrogen) atoms. The molecule has 0 saturated heterocycles. The Morgan fingerprint density at radius 2 is 2.16 bits per heavy atom. The van der Waals surface area contributed by atoms with Gasteiger partial charge in [0.25, 0.3) is 5.91 Å². The summed E-state index contributed by atoms with van der Waals surface area (Å²) in [6, 6.07) is 6.82. The van der Waals surface area contributed by atoms with Crippen LogP contribution in [0.2, 0.25) is 5.02 Å². The average Bonchev–Trinajstić information content (AvgIpc) is 2.36. The summed E-state index contributed by atoms with van der Waals surface area (Å²) in [4.78, 5) is 16.2. The van der Waals surface area contributed by atoms with Crippen molar-refractivity contribution >= 4 is 44.8 Å². The fraction of sp³-hybridized carbons (Fsp3) is 0.0769. The molecular weight excluding hydrogens is 330 g/mol. The zero-order valence-electron chi connectivity index (χ0n) is 10.1. The third-order valence-electron chi connectivity index (χ3n) is 2.53. The van der Waals surface area contributed by atoms with Crippen molar-refractivity contribution in [2.75, 3.05) is 11.1 Å². The van der Waals surface area contributed by atoms with Gasteiger partial charge in [-0.25, -0.2) is 0 Å². The number of carbonyl (C=O) groups excluding carboxylic acids is 1. The number of aromatic nitrogens is 1. The molecule has 3 N–H and O–H groups in total. The number of hydrogen-bond acceptors (Lipinski definition) is 3. The Morgan fingerprint density at radius 1 is 1.42 bits per heavy atom. The predicted molar refractivity (Wildman–Crippen MR) is 80.5 cm³/mol. The van der Waals surface area contributed by atoms with Gasteiger partial charge in [0.15, 0.2) is 0 Å². The van der Waals surface area contributed by atoms with Gasteiger partial charge in [0, 0.05) is 4.47 Å². The minimum Gasteiger partial charge on any atom is -0.397 e. The van der Waals surface area contributed by atoms with Crippen LogP contribution in [0.1, 0.15) is 16.1 Å². The molecule has 0 fully saturated rings. The fourth-order valence-electron chi connectivity index (χ4n) is 1.56. The van der Waals surface area contributed by atoms with Gasteiger partial charge in [0.05, 0.1) is 33.9 Å². The van der Waals surface area contributed by atoms with Crippen molar-refractivity contribution < 1.29 is 4.79 Å². The van der Waals surface area contributed by atoms with Crippen LogP contribution in [0, 0.1) is 6.92 Å². The number of benzene rings is 1. The minimum absolute atomic E-state index is 0.294. The topological polar surface area (TPSA) is 68.0 Å². The molecule has 0 atom stereocenters. The number of halogens is 2. The Balaban J connectivity index is 2.30. The monoisotopic (exact) mass is 339 g/mol. The quantitative estimate of drug-likeness (QED) is 0.877. The van der Waals surface area contributed by atoms with E-state index in [0.717, 1.165) is 4.47 Å². The lowest BCUT2D eigenvalue weighted by Gasteiger charge is -2.09. The zero-order valence-corrected chi connectivity index (χ0v) is 12.4. The second kappa shape index (κ2) is 5.59. The van der Waals surface area contributed by atoms with Crippen LogP contribution in [0.4, 0.5) is 11.4 Å². The van der Waals surface area contributed by atoms with Gasteiger partial charge in [-0.1, -0.05) is 27.5 Å². The van der Waals surface area contributed by atoms with E-state index in [1.807, 2.05) is 0 Å². The third kappa shape index (κ3) is 3.24. The highest BCUT2D eigenvalue weighted by atomic mass is 79.9. The Bertz CT molecular complexity index is 646. The number of nitrogens with zero attached hydrogens (tertiary/aromatic N) is 1. The molecule has 4 nitrogen and oxygen atoms in total. The molecule has 1 heterocycles. The zero-order chi connectivity index (χ0) is 14.0. The van der Waals surface area contributed by atoms with Crippen molar-refractivity contribution in [1.82, 2.24) is 4.98 Å². The maximum absolute atomic E-state index is 12.2. The van der Waals surface area contributed by atoms with E-state index in [0.29, 0.717) is 27.7 Å². The first-order valence-corrected chi connectivity index (χ1v) is 6.63. The van der Waals surface area contributed by atoms with E-state index in [1.165, 1.54) is 6.20 Å². The van der Waals surface area contributed by atoms with Crippen LogP contribution in [0.3, 0.4) is 0 Å². The van der Waals surface area contributed by atoms with Crippen molar-refractivity contribution in [3.05, 3.63) is 51.2 Å². The van der Waals surface area contributed by atoms with Gasteiger partial charge in [0.1, 0.15) is 0 Å². The molecule has 0 unspecified atom stereocenters. The van der Waals surface area contributed by atoms with E-state index in [-0.39, 0.29) is 5.91 Å². The Kier molecular flexibility index (Phi) is 4.07. The Hall–Kier alpha value is -1.59. The minimum atomic E-state index is -0.294. The highest BCUT2D eigenvalue weighted by molar-refractivity contribution is 9.10. The van der Waals surface area contributed by atoms with Gasteiger partial charge in [0.2, 0.25) is 0 Å². The number of hydrogen-bond donors (Lipinski definition) is 2. The van der Waals surface area contributed by atoms with Gasteiger partial charge < -0.3 is 11.1 Å². The number of nitrogens with one attached hydrogen (secondary N) is 1. The second-order valence-electron chi connectivity index (χ2n) is 3.98. The average molecular weight is 341 g/mol. The molecule has 1 aromatic heterocycles. The molecule has 6 heteroatoms. The number of nitrogens with two attached hydrogens (primary N) is 1. The van der Waals surface area contributed by atoms with E-state index >= 15 is 0 Å². The summed E-state index contributed by atoms with van der Waals surface area (Å²) >= 11 is 9.35.